The molecule has 122 valence electrons. The van der Waals surface area contributed by atoms with Gasteiger partial charge in [0.25, 0.3) is 0 Å². The van der Waals surface area contributed by atoms with Crippen molar-refractivity contribution in [2.24, 2.45) is 41.4 Å². The third-order valence-corrected chi connectivity index (χ3v) is 6.69. The quantitative estimate of drug-likeness (QED) is 0.807. The van der Waals surface area contributed by atoms with Gasteiger partial charge in [0.05, 0.1) is 5.92 Å². The molecule has 0 aromatic rings. The average molecular weight is 307 g/mol. The molecule has 1 aliphatic heterocycles. The van der Waals surface area contributed by atoms with Gasteiger partial charge in [0.15, 0.2) is 0 Å². The summed E-state index contributed by atoms with van der Waals surface area (Å²) in [6.45, 7) is 1.56. The van der Waals surface area contributed by atoms with Crippen LogP contribution >= 0.6 is 0 Å². The summed E-state index contributed by atoms with van der Waals surface area (Å²) in [5.74, 6) is 1.95. The summed E-state index contributed by atoms with van der Waals surface area (Å²) < 4.78 is 5.30. The van der Waals surface area contributed by atoms with Crippen molar-refractivity contribution in [3.05, 3.63) is 0 Å². The SMILES string of the molecule is O=C(O)C(CNC(=O)C1C2C3CCC(C3)C12)C1CCOCC1. The maximum absolute atomic E-state index is 12.4. The van der Waals surface area contributed by atoms with Gasteiger partial charge in [0.1, 0.15) is 0 Å². The highest BCUT2D eigenvalue weighted by atomic mass is 16.5. The zero-order valence-electron chi connectivity index (χ0n) is 12.9. The number of amides is 1. The second-order valence-corrected chi connectivity index (χ2v) is 7.65. The minimum Gasteiger partial charge on any atom is -0.481 e. The van der Waals surface area contributed by atoms with E-state index in [1.807, 2.05) is 0 Å². The van der Waals surface area contributed by atoms with E-state index in [1.165, 1.54) is 19.3 Å². The standard InChI is InChI=1S/C17H25NO4/c19-16(15-13-10-1-2-11(7-10)14(13)15)18-8-12(17(20)21)9-3-5-22-6-4-9/h9-15H,1-8H2,(H,18,19)(H,20,21). The van der Waals surface area contributed by atoms with E-state index in [0.717, 1.165) is 24.7 Å². The fraction of sp³-hybridized carbons (Fsp3) is 0.882. The van der Waals surface area contributed by atoms with Gasteiger partial charge in [-0.1, -0.05) is 0 Å². The number of fused-ring (bicyclic) bond motifs is 5. The molecular weight excluding hydrogens is 282 g/mol. The van der Waals surface area contributed by atoms with Crippen LogP contribution in [0.15, 0.2) is 0 Å². The lowest BCUT2D eigenvalue weighted by Gasteiger charge is -2.27. The number of carbonyl (C=O) groups is 2. The molecular formula is C17H25NO4. The number of ether oxygens (including phenoxy) is 1. The van der Waals surface area contributed by atoms with Crippen molar-refractivity contribution in [3.8, 4) is 0 Å². The van der Waals surface area contributed by atoms with E-state index < -0.39 is 11.9 Å². The highest BCUT2D eigenvalue weighted by Crippen LogP contribution is 2.69. The molecule has 0 radical (unpaired) electrons. The van der Waals surface area contributed by atoms with Crippen LogP contribution in [0.3, 0.4) is 0 Å². The molecule has 5 unspecified atom stereocenters. The Labute approximate surface area is 130 Å². The van der Waals surface area contributed by atoms with Gasteiger partial charge < -0.3 is 15.2 Å². The topological polar surface area (TPSA) is 75.6 Å². The van der Waals surface area contributed by atoms with Gasteiger partial charge in [0.2, 0.25) is 5.91 Å². The summed E-state index contributed by atoms with van der Waals surface area (Å²) >= 11 is 0. The van der Waals surface area contributed by atoms with Gasteiger partial charge in [-0.15, -0.1) is 0 Å². The minimum absolute atomic E-state index is 0.116. The number of aliphatic carboxylic acids is 1. The first-order chi connectivity index (χ1) is 10.7. The minimum atomic E-state index is -0.789. The maximum Gasteiger partial charge on any atom is 0.308 e. The number of carboxylic acids is 1. The van der Waals surface area contributed by atoms with E-state index in [-0.39, 0.29) is 24.3 Å². The Morgan fingerprint density at radius 1 is 1.09 bits per heavy atom. The molecule has 1 amide bonds. The Kier molecular flexibility index (Phi) is 3.63. The Morgan fingerprint density at radius 3 is 2.32 bits per heavy atom. The summed E-state index contributed by atoms with van der Waals surface area (Å²) in [4.78, 5) is 23.9. The van der Waals surface area contributed by atoms with Crippen molar-refractivity contribution in [2.45, 2.75) is 32.1 Å². The maximum atomic E-state index is 12.4. The van der Waals surface area contributed by atoms with Crippen molar-refractivity contribution in [1.29, 1.82) is 0 Å². The molecule has 0 spiro atoms. The molecule has 1 heterocycles. The number of rotatable bonds is 5. The molecule has 4 fully saturated rings. The first kappa shape index (κ1) is 14.5. The van der Waals surface area contributed by atoms with Gasteiger partial charge in [0, 0.05) is 25.7 Å². The average Bonchev–Trinajstić information content (AvgIpc) is 2.96. The summed E-state index contributed by atoms with van der Waals surface area (Å²) in [5.41, 5.74) is 0. The predicted octanol–water partition coefficient (Wildman–Crippen LogP) is 1.52. The van der Waals surface area contributed by atoms with E-state index in [1.54, 1.807) is 0 Å². The van der Waals surface area contributed by atoms with Gasteiger partial charge in [-0.25, -0.2) is 0 Å². The van der Waals surface area contributed by atoms with Crippen LogP contribution < -0.4 is 5.32 Å². The molecule has 3 saturated carbocycles. The van der Waals surface area contributed by atoms with Crippen molar-refractivity contribution in [1.82, 2.24) is 5.32 Å². The summed E-state index contributed by atoms with van der Waals surface area (Å²) in [7, 11) is 0. The molecule has 3 aliphatic carbocycles. The van der Waals surface area contributed by atoms with E-state index in [0.29, 0.717) is 25.0 Å². The molecule has 4 aliphatic rings. The molecule has 2 N–H and O–H groups in total. The number of hydrogen-bond donors (Lipinski definition) is 2. The third kappa shape index (κ3) is 2.34. The summed E-state index contributed by atoms with van der Waals surface area (Å²) in [6.07, 6.45) is 5.50. The lowest BCUT2D eigenvalue weighted by molar-refractivity contribution is -0.145. The smallest absolute Gasteiger partial charge is 0.308 e. The van der Waals surface area contributed by atoms with Gasteiger partial charge >= 0.3 is 5.97 Å². The molecule has 1 saturated heterocycles. The van der Waals surface area contributed by atoms with E-state index in [9.17, 15) is 14.7 Å². The number of carboxylic acid groups (broad SMARTS) is 1. The monoisotopic (exact) mass is 307 g/mol. The fourth-order valence-electron chi connectivity index (χ4n) is 5.58. The van der Waals surface area contributed by atoms with Gasteiger partial charge in [-0.2, -0.15) is 0 Å². The fourth-order valence-corrected chi connectivity index (χ4v) is 5.58. The zero-order valence-corrected chi connectivity index (χ0v) is 12.9. The summed E-state index contributed by atoms with van der Waals surface area (Å²) in [5, 5.41) is 12.4. The first-order valence-corrected chi connectivity index (χ1v) is 8.75. The van der Waals surface area contributed by atoms with Crippen molar-refractivity contribution < 1.29 is 19.4 Å². The lowest BCUT2D eigenvalue weighted by atomic mass is 9.86. The van der Waals surface area contributed by atoms with E-state index in [4.69, 9.17) is 4.74 Å². The van der Waals surface area contributed by atoms with Crippen LogP contribution in [0.2, 0.25) is 0 Å². The Bertz CT molecular complexity index is 457. The van der Waals surface area contributed by atoms with Crippen LogP contribution in [0.1, 0.15) is 32.1 Å². The number of nitrogens with one attached hydrogen (secondary N) is 1. The molecule has 0 aromatic heterocycles. The Morgan fingerprint density at radius 2 is 1.73 bits per heavy atom. The second kappa shape index (κ2) is 5.52. The van der Waals surface area contributed by atoms with Crippen molar-refractivity contribution in [2.75, 3.05) is 19.8 Å². The highest BCUT2D eigenvalue weighted by Gasteiger charge is 2.67. The van der Waals surface area contributed by atoms with Crippen LogP contribution in [0, 0.1) is 41.4 Å². The Balaban J connectivity index is 1.31. The lowest BCUT2D eigenvalue weighted by Crippen LogP contribution is -2.40. The summed E-state index contributed by atoms with van der Waals surface area (Å²) in [6, 6.07) is 0. The molecule has 5 heteroatoms. The van der Waals surface area contributed by atoms with Crippen molar-refractivity contribution >= 4 is 11.9 Å². The molecule has 0 aromatic carbocycles. The zero-order chi connectivity index (χ0) is 15.3. The molecule has 2 bridgehead atoms. The van der Waals surface area contributed by atoms with E-state index >= 15 is 0 Å². The Hall–Kier alpha value is -1.10. The third-order valence-electron chi connectivity index (χ3n) is 6.69. The molecule has 22 heavy (non-hydrogen) atoms. The van der Waals surface area contributed by atoms with Crippen LogP contribution in [0.5, 0.6) is 0 Å². The van der Waals surface area contributed by atoms with Gasteiger partial charge in [-0.3, -0.25) is 9.59 Å². The van der Waals surface area contributed by atoms with Crippen LogP contribution in [-0.2, 0) is 14.3 Å². The molecule has 5 atom stereocenters. The van der Waals surface area contributed by atoms with Crippen LogP contribution in [0.25, 0.3) is 0 Å². The first-order valence-electron chi connectivity index (χ1n) is 8.75. The molecule has 4 rings (SSSR count). The van der Waals surface area contributed by atoms with Crippen molar-refractivity contribution in [3.63, 3.8) is 0 Å². The van der Waals surface area contributed by atoms with Crippen LogP contribution in [-0.4, -0.2) is 36.7 Å². The largest absolute Gasteiger partial charge is 0.481 e. The predicted molar refractivity (Wildman–Crippen MR) is 79.0 cm³/mol. The number of carbonyl (C=O) groups excluding carboxylic acids is 1. The number of hydrogen-bond acceptors (Lipinski definition) is 3. The highest BCUT2D eigenvalue weighted by molar-refractivity contribution is 5.83. The van der Waals surface area contributed by atoms with Gasteiger partial charge in [-0.05, 0) is 61.7 Å². The van der Waals surface area contributed by atoms with E-state index in [2.05, 4.69) is 5.32 Å². The van der Waals surface area contributed by atoms with Crippen LogP contribution in [0.4, 0.5) is 0 Å². The second-order valence-electron chi connectivity index (χ2n) is 7.65. The normalized spacial score (nSPS) is 41.0. The molecule has 5 nitrogen and oxygen atoms in total.